The first-order valence-corrected chi connectivity index (χ1v) is 7.98. The van der Waals surface area contributed by atoms with Crippen molar-refractivity contribution in [2.24, 2.45) is 5.10 Å². The van der Waals surface area contributed by atoms with Gasteiger partial charge in [0.2, 0.25) is 5.96 Å². The Bertz CT molecular complexity index is 186. The third kappa shape index (κ3) is 3.39. The van der Waals surface area contributed by atoms with Crippen molar-refractivity contribution in [3.05, 3.63) is 0 Å². The molecule has 0 saturated heterocycles. The molecule has 0 amide bonds. The second-order valence-electron chi connectivity index (χ2n) is 3.54. The van der Waals surface area contributed by atoms with Gasteiger partial charge in [0, 0.05) is 48.5 Å². The van der Waals surface area contributed by atoms with Crippen LogP contribution >= 0.6 is 18.1 Å². The molecule has 0 aliphatic heterocycles. The zero-order chi connectivity index (χ0) is 11.4. The second kappa shape index (κ2) is 5.91. The molecule has 6 heteroatoms. The average molecular weight is 237 g/mol. The quantitative estimate of drug-likeness (QED) is 0.412. The van der Waals surface area contributed by atoms with Gasteiger partial charge < -0.3 is 0 Å². The van der Waals surface area contributed by atoms with Crippen molar-refractivity contribution < 1.29 is 0 Å². The third-order valence-electron chi connectivity index (χ3n) is 1.85. The van der Waals surface area contributed by atoms with Crippen LogP contribution in [0.15, 0.2) is 5.10 Å². The maximum absolute atomic E-state index is 4.36. The molecule has 0 unspecified atom stereocenters. The summed E-state index contributed by atoms with van der Waals surface area (Å²) >= 11 is 1.86. The SMILES string of the molecule is CS[P+](/C=N/N(C)C)(N(C)C)N(C)C. The molecule has 0 atom stereocenters. The predicted molar refractivity (Wildman–Crippen MR) is 70.0 cm³/mol. The van der Waals surface area contributed by atoms with E-state index in [4.69, 9.17) is 0 Å². The normalized spacial score (nSPS) is 13.2. The van der Waals surface area contributed by atoms with Crippen LogP contribution in [0.1, 0.15) is 0 Å². The highest BCUT2D eigenvalue weighted by atomic mass is 32.7. The van der Waals surface area contributed by atoms with Crippen molar-refractivity contribution in [3.8, 4) is 0 Å². The molecule has 0 aromatic heterocycles. The molecule has 0 saturated carbocycles. The van der Waals surface area contributed by atoms with Crippen molar-refractivity contribution >= 4 is 24.1 Å². The van der Waals surface area contributed by atoms with Crippen LogP contribution in [0, 0.1) is 0 Å². The van der Waals surface area contributed by atoms with Crippen LogP contribution in [0.25, 0.3) is 0 Å². The minimum absolute atomic E-state index is 1.42. The first kappa shape index (κ1) is 14.2. The zero-order valence-corrected chi connectivity index (χ0v) is 11.9. The summed E-state index contributed by atoms with van der Waals surface area (Å²) in [5.74, 6) is 2.07. The largest absolute Gasteiger partial charge is 0.300 e. The molecule has 14 heavy (non-hydrogen) atoms. The summed E-state index contributed by atoms with van der Waals surface area (Å²) in [6, 6.07) is 0. The molecule has 0 spiro atoms. The number of nitrogens with zero attached hydrogens (tertiary/aromatic N) is 4. The summed E-state index contributed by atoms with van der Waals surface area (Å²) in [6.45, 7) is -1.42. The van der Waals surface area contributed by atoms with Crippen LogP contribution in [0.5, 0.6) is 0 Å². The van der Waals surface area contributed by atoms with Crippen molar-refractivity contribution in [2.75, 3.05) is 48.5 Å². The monoisotopic (exact) mass is 237 g/mol. The van der Waals surface area contributed by atoms with Crippen LogP contribution < -0.4 is 0 Å². The van der Waals surface area contributed by atoms with Crippen LogP contribution in [0.2, 0.25) is 0 Å². The van der Waals surface area contributed by atoms with Crippen LogP contribution in [-0.4, -0.2) is 68.8 Å². The standard InChI is InChI=1S/C8H22N4PS/c1-10(2)9-8-13(14-7,11(3)4)12(5)6/h8H,1-7H3/q+1/b9-8+. The van der Waals surface area contributed by atoms with E-state index in [0.29, 0.717) is 0 Å². The summed E-state index contributed by atoms with van der Waals surface area (Å²) in [4.78, 5) is 0. The van der Waals surface area contributed by atoms with Gasteiger partial charge in [0.25, 0.3) is 6.77 Å². The molecule has 0 radical (unpaired) electrons. The van der Waals surface area contributed by atoms with Gasteiger partial charge in [-0.05, 0) is 0 Å². The molecule has 0 N–H and O–H groups in total. The van der Waals surface area contributed by atoms with Gasteiger partial charge in [-0.1, -0.05) is 0 Å². The van der Waals surface area contributed by atoms with Gasteiger partial charge in [0.1, 0.15) is 0 Å². The number of hydrogen-bond donors (Lipinski definition) is 0. The zero-order valence-electron chi connectivity index (χ0n) is 10.2. The van der Waals surface area contributed by atoms with Gasteiger partial charge in [0.15, 0.2) is 0 Å². The highest BCUT2D eigenvalue weighted by Gasteiger charge is 2.43. The Morgan fingerprint density at radius 2 is 1.43 bits per heavy atom. The fourth-order valence-corrected chi connectivity index (χ4v) is 5.69. The summed E-state index contributed by atoms with van der Waals surface area (Å²) in [5.41, 5.74) is 0. The van der Waals surface area contributed by atoms with E-state index in [-0.39, 0.29) is 0 Å². The van der Waals surface area contributed by atoms with Crippen molar-refractivity contribution in [3.63, 3.8) is 0 Å². The number of hydrazone groups is 1. The highest BCUT2D eigenvalue weighted by Crippen LogP contribution is 2.69. The Labute approximate surface area is 92.5 Å². The smallest absolute Gasteiger partial charge is 0.258 e. The third-order valence-corrected chi connectivity index (χ3v) is 8.94. The molecular formula is C8H22N4PS+. The van der Waals surface area contributed by atoms with Crippen LogP contribution in [-0.2, 0) is 0 Å². The van der Waals surface area contributed by atoms with Crippen LogP contribution in [0.3, 0.4) is 0 Å². The Balaban J connectivity index is 4.86. The molecule has 0 aliphatic rings. The minimum Gasteiger partial charge on any atom is -0.300 e. The maximum Gasteiger partial charge on any atom is 0.258 e. The Morgan fingerprint density at radius 1 is 1.00 bits per heavy atom. The lowest BCUT2D eigenvalue weighted by atomic mass is 11.2. The Morgan fingerprint density at radius 3 is 1.64 bits per heavy atom. The van der Waals surface area contributed by atoms with Gasteiger partial charge in [-0.15, -0.1) is 5.10 Å². The summed E-state index contributed by atoms with van der Waals surface area (Å²) in [6.07, 6.45) is 2.13. The fraction of sp³-hybridized carbons (Fsp3) is 0.875. The van der Waals surface area contributed by atoms with Gasteiger partial charge in [-0.3, -0.25) is 5.01 Å². The predicted octanol–water partition coefficient (Wildman–Crippen LogP) is 1.74. The Kier molecular flexibility index (Phi) is 5.98. The average Bonchev–Trinajstić information content (AvgIpc) is 2.04. The van der Waals surface area contributed by atoms with E-state index >= 15 is 0 Å². The van der Waals surface area contributed by atoms with E-state index in [0.717, 1.165) is 0 Å². The molecule has 0 fully saturated rings. The van der Waals surface area contributed by atoms with E-state index in [1.54, 1.807) is 0 Å². The Hall–Kier alpha value is 0.170. The summed E-state index contributed by atoms with van der Waals surface area (Å²) in [7, 11) is 12.3. The van der Waals surface area contributed by atoms with E-state index in [9.17, 15) is 0 Å². The lowest BCUT2D eigenvalue weighted by Crippen LogP contribution is -2.25. The number of hydrogen-bond acceptors (Lipinski definition) is 5. The maximum atomic E-state index is 4.36. The summed E-state index contributed by atoms with van der Waals surface area (Å²) in [5, 5.41) is 6.20. The molecule has 4 nitrogen and oxygen atoms in total. The van der Waals surface area contributed by atoms with Crippen molar-refractivity contribution in [2.45, 2.75) is 0 Å². The molecular weight excluding hydrogens is 215 g/mol. The van der Waals surface area contributed by atoms with E-state index in [2.05, 4.69) is 54.8 Å². The number of rotatable bonds is 5. The first-order chi connectivity index (χ1) is 6.36. The lowest BCUT2D eigenvalue weighted by molar-refractivity contribution is 0.440. The van der Waals surface area contributed by atoms with E-state index in [1.165, 1.54) is 0 Å². The van der Waals surface area contributed by atoms with E-state index < -0.39 is 6.77 Å². The molecule has 0 bridgehead atoms. The fourth-order valence-electron chi connectivity index (χ4n) is 1.11. The molecule has 84 valence electrons. The van der Waals surface area contributed by atoms with Crippen molar-refractivity contribution in [1.82, 2.24) is 14.3 Å². The molecule has 0 aromatic rings. The molecule has 0 rings (SSSR count). The van der Waals surface area contributed by atoms with Gasteiger partial charge in [0.05, 0.1) is 11.4 Å². The minimum atomic E-state index is -1.42. The summed E-state index contributed by atoms with van der Waals surface area (Å²) < 4.78 is 4.51. The lowest BCUT2D eigenvalue weighted by Gasteiger charge is -2.30. The highest BCUT2D eigenvalue weighted by molar-refractivity contribution is 8.64. The molecule has 0 aromatic carbocycles. The first-order valence-electron chi connectivity index (χ1n) is 4.39. The van der Waals surface area contributed by atoms with Gasteiger partial charge in [-0.2, -0.15) is 9.34 Å². The van der Waals surface area contributed by atoms with Gasteiger partial charge in [-0.25, -0.2) is 0 Å². The van der Waals surface area contributed by atoms with Gasteiger partial charge >= 0.3 is 0 Å². The van der Waals surface area contributed by atoms with Crippen LogP contribution in [0.4, 0.5) is 0 Å². The molecule has 0 heterocycles. The topological polar surface area (TPSA) is 22.1 Å². The molecule has 0 aliphatic carbocycles. The van der Waals surface area contributed by atoms with Crippen molar-refractivity contribution in [1.29, 1.82) is 0 Å². The van der Waals surface area contributed by atoms with E-state index in [1.807, 2.05) is 30.5 Å². The second-order valence-corrected chi connectivity index (χ2v) is 9.63.